The van der Waals surface area contributed by atoms with Gasteiger partial charge < -0.3 is 5.11 Å². The van der Waals surface area contributed by atoms with Gasteiger partial charge in [-0.05, 0) is 19.1 Å². The van der Waals surface area contributed by atoms with E-state index >= 15 is 0 Å². The van der Waals surface area contributed by atoms with Crippen molar-refractivity contribution < 1.29 is 9.90 Å². The summed E-state index contributed by atoms with van der Waals surface area (Å²) in [5.41, 5.74) is 3.25. The molecule has 1 aromatic carbocycles. The van der Waals surface area contributed by atoms with Crippen molar-refractivity contribution in [3.63, 3.8) is 0 Å². The first-order chi connectivity index (χ1) is 10.1. The lowest BCUT2D eigenvalue weighted by atomic mass is 10.2. The molecular weight excluding hydrogens is 302 g/mol. The lowest BCUT2D eigenvalue weighted by Gasteiger charge is -1.96. The molecule has 106 valence electrons. The second-order valence-electron chi connectivity index (χ2n) is 4.74. The van der Waals surface area contributed by atoms with Crippen LogP contribution in [-0.4, -0.2) is 16.1 Å². The summed E-state index contributed by atoms with van der Waals surface area (Å²) in [5.74, 6) is -0.804. The minimum absolute atomic E-state index is 0.0691. The largest absolute Gasteiger partial charge is 0.481 e. The molecule has 0 aliphatic rings. The van der Waals surface area contributed by atoms with E-state index in [1.807, 2.05) is 17.5 Å². The van der Waals surface area contributed by atoms with Crippen LogP contribution >= 0.6 is 22.7 Å². The first kappa shape index (κ1) is 14.0. The average Bonchev–Trinajstić information content (AvgIpc) is 3.07. The fourth-order valence-corrected chi connectivity index (χ4v) is 3.84. The highest BCUT2D eigenvalue weighted by atomic mass is 32.1. The topological polar surface area (TPSA) is 50.2 Å². The molecule has 0 aliphatic heterocycles. The Morgan fingerprint density at radius 1 is 1.19 bits per heavy atom. The lowest BCUT2D eigenvalue weighted by molar-refractivity contribution is -0.136. The third kappa shape index (κ3) is 3.20. The van der Waals surface area contributed by atoms with Crippen molar-refractivity contribution in [1.82, 2.24) is 4.98 Å². The minimum Gasteiger partial charge on any atom is -0.481 e. The van der Waals surface area contributed by atoms with Crippen LogP contribution in [0.15, 0.2) is 41.8 Å². The summed E-state index contributed by atoms with van der Waals surface area (Å²) in [4.78, 5) is 17.2. The quantitative estimate of drug-likeness (QED) is 0.772. The van der Waals surface area contributed by atoms with Crippen LogP contribution in [-0.2, 0) is 11.2 Å². The highest BCUT2D eigenvalue weighted by Gasteiger charge is 2.10. The molecule has 3 aromatic rings. The fourth-order valence-electron chi connectivity index (χ4n) is 1.98. The van der Waals surface area contributed by atoms with Gasteiger partial charge in [0, 0.05) is 15.8 Å². The molecule has 0 fully saturated rings. The van der Waals surface area contributed by atoms with Crippen LogP contribution < -0.4 is 0 Å². The first-order valence-electron chi connectivity index (χ1n) is 6.45. The maximum Gasteiger partial charge on any atom is 0.308 e. The second-order valence-corrected chi connectivity index (χ2v) is 6.77. The Balaban J connectivity index is 1.86. The molecule has 0 saturated heterocycles. The van der Waals surface area contributed by atoms with E-state index in [1.54, 1.807) is 11.3 Å². The number of carbonyl (C=O) groups is 1. The van der Waals surface area contributed by atoms with Crippen molar-refractivity contribution in [2.45, 2.75) is 13.3 Å². The van der Waals surface area contributed by atoms with Crippen molar-refractivity contribution in [2.75, 3.05) is 0 Å². The summed E-state index contributed by atoms with van der Waals surface area (Å²) in [7, 11) is 0. The lowest BCUT2D eigenvalue weighted by Crippen LogP contribution is -1.96. The van der Waals surface area contributed by atoms with E-state index in [4.69, 9.17) is 5.11 Å². The van der Waals surface area contributed by atoms with Gasteiger partial charge in [0.15, 0.2) is 0 Å². The molecular formula is C16H13NO2S2. The molecule has 0 spiro atoms. The molecule has 2 heterocycles. The Hall–Kier alpha value is -1.98. The van der Waals surface area contributed by atoms with Gasteiger partial charge in [0.25, 0.3) is 0 Å². The van der Waals surface area contributed by atoms with Gasteiger partial charge in [0.2, 0.25) is 0 Å². The first-order valence-corrected chi connectivity index (χ1v) is 8.15. The highest BCUT2D eigenvalue weighted by Crippen LogP contribution is 2.33. The number of hydrogen-bond donors (Lipinski definition) is 1. The normalized spacial score (nSPS) is 10.7. The van der Waals surface area contributed by atoms with Crippen LogP contribution in [0.5, 0.6) is 0 Å². The maximum absolute atomic E-state index is 10.7. The van der Waals surface area contributed by atoms with Crippen molar-refractivity contribution in [1.29, 1.82) is 0 Å². The van der Waals surface area contributed by atoms with Crippen molar-refractivity contribution in [3.8, 4) is 21.1 Å². The van der Waals surface area contributed by atoms with Gasteiger partial charge in [-0.25, -0.2) is 4.98 Å². The van der Waals surface area contributed by atoms with Gasteiger partial charge in [0.05, 0.1) is 17.0 Å². The molecule has 21 heavy (non-hydrogen) atoms. The number of carboxylic acid groups (broad SMARTS) is 1. The Morgan fingerprint density at radius 2 is 1.95 bits per heavy atom. The van der Waals surface area contributed by atoms with E-state index < -0.39 is 5.97 Å². The molecule has 5 heteroatoms. The zero-order valence-corrected chi connectivity index (χ0v) is 13.0. The molecule has 3 nitrogen and oxygen atoms in total. The molecule has 0 unspecified atom stereocenters. The van der Waals surface area contributed by atoms with Gasteiger partial charge in [-0.3, -0.25) is 4.79 Å². The zero-order valence-electron chi connectivity index (χ0n) is 11.4. The number of aromatic nitrogens is 1. The number of aryl methyl sites for hydroxylation is 1. The highest BCUT2D eigenvalue weighted by molar-refractivity contribution is 7.16. The number of aliphatic carboxylic acids is 1. The predicted molar refractivity (Wildman–Crippen MR) is 86.9 cm³/mol. The number of thiazole rings is 1. The SMILES string of the molecule is Cc1ccc(-c2nc(-c3ccc(CC(=O)O)s3)cs2)cc1. The van der Waals surface area contributed by atoms with E-state index in [1.165, 1.54) is 16.9 Å². The average molecular weight is 315 g/mol. The zero-order chi connectivity index (χ0) is 14.8. The maximum atomic E-state index is 10.7. The Labute approximate surface area is 130 Å². The molecule has 2 aromatic heterocycles. The number of thiophene rings is 1. The summed E-state index contributed by atoms with van der Waals surface area (Å²) in [6.07, 6.45) is 0.0691. The van der Waals surface area contributed by atoms with E-state index in [9.17, 15) is 4.79 Å². The Kier molecular flexibility index (Phi) is 3.86. The van der Waals surface area contributed by atoms with Crippen LogP contribution in [0.2, 0.25) is 0 Å². The molecule has 3 rings (SSSR count). The monoisotopic (exact) mass is 315 g/mol. The van der Waals surface area contributed by atoms with Gasteiger partial charge in [0.1, 0.15) is 5.01 Å². The van der Waals surface area contributed by atoms with E-state index in [2.05, 4.69) is 36.2 Å². The molecule has 0 amide bonds. The van der Waals surface area contributed by atoms with Gasteiger partial charge in [-0.1, -0.05) is 29.8 Å². The number of benzene rings is 1. The minimum atomic E-state index is -0.804. The number of hydrogen-bond acceptors (Lipinski definition) is 4. The van der Waals surface area contributed by atoms with Crippen LogP contribution in [0.3, 0.4) is 0 Å². The summed E-state index contributed by atoms with van der Waals surface area (Å²) in [6.45, 7) is 2.06. The molecule has 0 bridgehead atoms. The third-order valence-electron chi connectivity index (χ3n) is 3.04. The summed E-state index contributed by atoms with van der Waals surface area (Å²) in [6, 6.07) is 12.1. The van der Waals surface area contributed by atoms with Crippen LogP contribution in [0.4, 0.5) is 0 Å². The molecule has 0 aliphatic carbocycles. The summed E-state index contributed by atoms with van der Waals surface area (Å²) < 4.78 is 0. The van der Waals surface area contributed by atoms with Gasteiger partial charge in [-0.2, -0.15) is 0 Å². The standard InChI is InChI=1S/C16H13NO2S2/c1-10-2-4-11(5-3-10)16-17-13(9-20-16)14-7-6-12(21-14)8-15(18)19/h2-7,9H,8H2,1H3,(H,18,19). The van der Waals surface area contributed by atoms with Gasteiger partial charge in [-0.15, -0.1) is 22.7 Å². The van der Waals surface area contributed by atoms with E-state index in [0.29, 0.717) is 0 Å². The fraction of sp³-hybridized carbons (Fsp3) is 0.125. The van der Waals surface area contributed by atoms with Crippen molar-refractivity contribution >= 4 is 28.6 Å². The van der Waals surface area contributed by atoms with Crippen LogP contribution in [0.25, 0.3) is 21.1 Å². The van der Waals surface area contributed by atoms with Crippen molar-refractivity contribution in [2.24, 2.45) is 0 Å². The summed E-state index contributed by atoms with van der Waals surface area (Å²) in [5, 5.41) is 11.8. The third-order valence-corrected chi connectivity index (χ3v) is 5.04. The summed E-state index contributed by atoms with van der Waals surface area (Å²) >= 11 is 3.09. The molecule has 0 atom stereocenters. The number of rotatable bonds is 4. The van der Waals surface area contributed by atoms with E-state index in [-0.39, 0.29) is 6.42 Å². The van der Waals surface area contributed by atoms with Crippen LogP contribution in [0.1, 0.15) is 10.4 Å². The molecule has 0 radical (unpaired) electrons. The van der Waals surface area contributed by atoms with E-state index in [0.717, 1.165) is 26.0 Å². The van der Waals surface area contributed by atoms with Crippen molar-refractivity contribution in [3.05, 3.63) is 52.2 Å². The molecule has 0 saturated carbocycles. The van der Waals surface area contributed by atoms with Crippen LogP contribution in [0, 0.1) is 6.92 Å². The van der Waals surface area contributed by atoms with Gasteiger partial charge >= 0.3 is 5.97 Å². The molecule has 1 N–H and O–H groups in total. The second kappa shape index (κ2) is 5.79. The Bertz CT molecular complexity index is 772. The number of carboxylic acids is 1. The predicted octanol–water partition coefficient (Wildman–Crippen LogP) is 4.47. The number of nitrogens with zero attached hydrogens (tertiary/aromatic N) is 1. The Morgan fingerprint density at radius 3 is 2.67 bits per heavy atom. The smallest absolute Gasteiger partial charge is 0.308 e.